The van der Waals surface area contributed by atoms with Gasteiger partial charge < -0.3 is 15.2 Å². The van der Waals surface area contributed by atoms with Crippen LogP contribution in [-0.2, 0) is 10.0 Å². The molecule has 1 aromatic carbocycles. The number of aliphatic hydroxyl groups excluding tert-OH is 1. The van der Waals surface area contributed by atoms with Gasteiger partial charge in [-0.15, -0.1) is 0 Å². The summed E-state index contributed by atoms with van der Waals surface area (Å²) < 4.78 is 31.9. The zero-order valence-corrected chi connectivity index (χ0v) is 15.3. The van der Waals surface area contributed by atoms with Crippen molar-refractivity contribution < 1.29 is 18.3 Å². The number of fused-ring (bicyclic) bond motifs is 1. The summed E-state index contributed by atoms with van der Waals surface area (Å²) in [7, 11) is -3.34. The second-order valence-electron chi connectivity index (χ2n) is 7.72. The number of ether oxygens (including phenoxy) is 1. The second-order valence-corrected chi connectivity index (χ2v) is 9.47. The van der Waals surface area contributed by atoms with Gasteiger partial charge in [0.05, 0.1) is 18.0 Å². The predicted molar refractivity (Wildman–Crippen MR) is 96.3 cm³/mol. The van der Waals surface area contributed by atoms with E-state index in [1.165, 1.54) is 6.42 Å². The van der Waals surface area contributed by atoms with Crippen LogP contribution in [0.4, 0.5) is 5.69 Å². The lowest BCUT2D eigenvalue weighted by Gasteiger charge is -2.48. The Morgan fingerprint density at radius 1 is 1.20 bits per heavy atom. The first-order valence-electron chi connectivity index (χ1n) is 9.11. The predicted octanol–water partition coefficient (Wildman–Crippen LogP) is 2.31. The molecule has 4 rings (SSSR count). The first-order chi connectivity index (χ1) is 11.9. The molecular formula is C18H26N2O4S. The van der Waals surface area contributed by atoms with Crippen molar-refractivity contribution in [3.63, 3.8) is 0 Å². The standard InChI is InChI=1S/C18H26N2O4S/c1-25(22,23)20-13-7-8-14-15(11-13)24-18(9-3-2-4-10-18)17(21)16(14)19-12-5-6-12/h7-8,11-12,16-17,19-21H,2-6,9-10H2,1H3. The molecule has 2 aliphatic carbocycles. The van der Waals surface area contributed by atoms with Gasteiger partial charge in [0.25, 0.3) is 0 Å². The highest BCUT2D eigenvalue weighted by Crippen LogP contribution is 2.47. The van der Waals surface area contributed by atoms with Gasteiger partial charge in [-0.3, -0.25) is 4.72 Å². The Kier molecular flexibility index (Phi) is 4.21. The van der Waals surface area contributed by atoms with Crippen molar-refractivity contribution in [1.29, 1.82) is 0 Å². The molecule has 25 heavy (non-hydrogen) atoms. The molecule has 0 radical (unpaired) electrons. The lowest BCUT2D eigenvalue weighted by Crippen LogP contribution is -2.57. The van der Waals surface area contributed by atoms with Crippen molar-refractivity contribution in [2.75, 3.05) is 11.0 Å². The SMILES string of the molecule is CS(=O)(=O)Nc1ccc2c(c1)OC1(CCCCC1)C(O)C2NC1CC1. The highest BCUT2D eigenvalue weighted by molar-refractivity contribution is 7.92. The fourth-order valence-electron chi connectivity index (χ4n) is 4.14. The highest BCUT2D eigenvalue weighted by Gasteiger charge is 2.50. The number of rotatable bonds is 4. The molecule has 7 heteroatoms. The molecule has 2 fully saturated rings. The molecule has 0 aromatic heterocycles. The topological polar surface area (TPSA) is 87.7 Å². The van der Waals surface area contributed by atoms with E-state index in [4.69, 9.17) is 4.74 Å². The van der Waals surface area contributed by atoms with Crippen LogP contribution in [0.1, 0.15) is 56.6 Å². The van der Waals surface area contributed by atoms with Crippen LogP contribution in [-0.4, -0.2) is 37.5 Å². The molecule has 2 saturated carbocycles. The molecule has 6 nitrogen and oxygen atoms in total. The van der Waals surface area contributed by atoms with Gasteiger partial charge in [0.1, 0.15) is 17.5 Å². The van der Waals surface area contributed by atoms with E-state index in [2.05, 4.69) is 10.0 Å². The van der Waals surface area contributed by atoms with Gasteiger partial charge in [-0.25, -0.2) is 8.42 Å². The molecule has 1 aromatic rings. The largest absolute Gasteiger partial charge is 0.484 e. The summed E-state index contributed by atoms with van der Waals surface area (Å²) in [6.07, 6.45) is 7.75. The van der Waals surface area contributed by atoms with E-state index >= 15 is 0 Å². The van der Waals surface area contributed by atoms with Crippen molar-refractivity contribution in [2.45, 2.75) is 68.7 Å². The van der Waals surface area contributed by atoms with Crippen molar-refractivity contribution in [3.05, 3.63) is 23.8 Å². The van der Waals surface area contributed by atoms with E-state index in [-0.39, 0.29) is 6.04 Å². The van der Waals surface area contributed by atoms with E-state index in [0.29, 0.717) is 17.5 Å². The summed E-state index contributed by atoms with van der Waals surface area (Å²) >= 11 is 0. The van der Waals surface area contributed by atoms with E-state index in [1.807, 2.05) is 6.07 Å². The molecule has 2 atom stereocenters. The third-order valence-electron chi connectivity index (χ3n) is 5.51. The normalized spacial score (nSPS) is 28.2. The van der Waals surface area contributed by atoms with Gasteiger partial charge >= 0.3 is 0 Å². The minimum absolute atomic E-state index is 0.165. The van der Waals surface area contributed by atoms with E-state index in [9.17, 15) is 13.5 Å². The number of nitrogens with one attached hydrogen (secondary N) is 2. The van der Waals surface area contributed by atoms with Crippen LogP contribution in [0.5, 0.6) is 5.75 Å². The summed E-state index contributed by atoms with van der Waals surface area (Å²) in [4.78, 5) is 0. The average molecular weight is 366 g/mol. The maximum atomic E-state index is 11.5. The van der Waals surface area contributed by atoms with Crippen molar-refractivity contribution in [3.8, 4) is 5.75 Å². The van der Waals surface area contributed by atoms with Gasteiger partial charge in [-0.2, -0.15) is 0 Å². The fraction of sp³-hybridized carbons (Fsp3) is 0.667. The number of benzene rings is 1. The smallest absolute Gasteiger partial charge is 0.229 e. The lowest BCUT2D eigenvalue weighted by molar-refractivity contribution is -0.107. The van der Waals surface area contributed by atoms with Gasteiger partial charge in [0.15, 0.2) is 0 Å². The van der Waals surface area contributed by atoms with Crippen molar-refractivity contribution in [1.82, 2.24) is 5.32 Å². The number of hydrogen-bond donors (Lipinski definition) is 3. The van der Waals surface area contributed by atoms with E-state index in [0.717, 1.165) is 50.3 Å². The summed E-state index contributed by atoms with van der Waals surface area (Å²) in [5, 5.41) is 14.7. The van der Waals surface area contributed by atoms with Gasteiger partial charge in [-0.1, -0.05) is 12.5 Å². The summed E-state index contributed by atoms with van der Waals surface area (Å²) in [6.45, 7) is 0. The molecule has 0 saturated heterocycles. The monoisotopic (exact) mass is 366 g/mol. The molecule has 3 N–H and O–H groups in total. The molecule has 1 aliphatic heterocycles. The summed E-state index contributed by atoms with van der Waals surface area (Å²) in [5.41, 5.74) is 0.838. The fourth-order valence-corrected chi connectivity index (χ4v) is 4.70. The molecule has 2 unspecified atom stereocenters. The number of hydrogen-bond acceptors (Lipinski definition) is 5. The molecule has 3 aliphatic rings. The van der Waals surface area contributed by atoms with Crippen LogP contribution < -0.4 is 14.8 Å². The Balaban J connectivity index is 1.71. The van der Waals surface area contributed by atoms with Gasteiger partial charge in [0, 0.05) is 17.7 Å². The lowest BCUT2D eigenvalue weighted by atomic mass is 9.74. The Labute approximate surface area is 149 Å². The van der Waals surface area contributed by atoms with Crippen LogP contribution in [0.15, 0.2) is 18.2 Å². The molecule has 1 spiro atoms. The van der Waals surface area contributed by atoms with E-state index < -0.39 is 21.7 Å². The van der Waals surface area contributed by atoms with Crippen LogP contribution in [0.25, 0.3) is 0 Å². The van der Waals surface area contributed by atoms with Gasteiger partial charge in [0.2, 0.25) is 10.0 Å². The molecule has 0 amide bonds. The Bertz CT molecular complexity index is 754. The molecule has 1 heterocycles. The number of aliphatic hydroxyl groups is 1. The third-order valence-corrected chi connectivity index (χ3v) is 6.12. The van der Waals surface area contributed by atoms with Crippen LogP contribution >= 0.6 is 0 Å². The first kappa shape index (κ1) is 17.1. The van der Waals surface area contributed by atoms with Crippen LogP contribution in [0.3, 0.4) is 0 Å². The van der Waals surface area contributed by atoms with Crippen LogP contribution in [0.2, 0.25) is 0 Å². The molecule has 138 valence electrons. The Morgan fingerprint density at radius 3 is 2.56 bits per heavy atom. The number of sulfonamides is 1. The minimum Gasteiger partial charge on any atom is -0.484 e. The Morgan fingerprint density at radius 2 is 1.92 bits per heavy atom. The third kappa shape index (κ3) is 3.50. The van der Waals surface area contributed by atoms with Crippen molar-refractivity contribution in [2.24, 2.45) is 0 Å². The average Bonchev–Trinajstić information content (AvgIpc) is 3.35. The van der Waals surface area contributed by atoms with Crippen molar-refractivity contribution >= 4 is 15.7 Å². The maximum absolute atomic E-state index is 11.5. The number of anilines is 1. The van der Waals surface area contributed by atoms with E-state index in [1.54, 1.807) is 12.1 Å². The zero-order chi connectivity index (χ0) is 17.7. The second kappa shape index (κ2) is 6.14. The maximum Gasteiger partial charge on any atom is 0.229 e. The first-order valence-corrected chi connectivity index (χ1v) is 11.0. The highest BCUT2D eigenvalue weighted by atomic mass is 32.2. The summed E-state index contributed by atoms with van der Waals surface area (Å²) in [5.74, 6) is 0.680. The molecule has 0 bridgehead atoms. The summed E-state index contributed by atoms with van der Waals surface area (Å²) in [6, 6.07) is 5.64. The van der Waals surface area contributed by atoms with Gasteiger partial charge in [-0.05, 0) is 44.6 Å². The van der Waals surface area contributed by atoms with Crippen LogP contribution in [0, 0.1) is 0 Å². The Hall–Kier alpha value is -1.31. The molecular weight excluding hydrogens is 340 g/mol. The minimum atomic E-state index is -3.34. The quantitative estimate of drug-likeness (QED) is 0.761. The zero-order valence-electron chi connectivity index (χ0n) is 14.5.